The molecule has 4 heteroatoms. The maximum Gasteiger partial charge on any atom is 0.233 e. The van der Waals surface area contributed by atoms with Crippen LogP contribution in [0.3, 0.4) is 0 Å². The minimum Gasteiger partial charge on any atom is -0.394 e. The topological polar surface area (TPSA) is 49.3 Å². The quantitative estimate of drug-likeness (QED) is 0.815. The van der Waals surface area contributed by atoms with Gasteiger partial charge in [-0.05, 0) is 31.9 Å². The van der Waals surface area contributed by atoms with Gasteiger partial charge in [-0.2, -0.15) is 0 Å². The summed E-state index contributed by atoms with van der Waals surface area (Å²) >= 11 is 1.55. The van der Waals surface area contributed by atoms with E-state index in [2.05, 4.69) is 5.32 Å². The lowest BCUT2D eigenvalue weighted by Gasteiger charge is -2.29. The largest absolute Gasteiger partial charge is 0.394 e. The molecule has 2 N–H and O–H groups in total. The van der Waals surface area contributed by atoms with E-state index in [-0.39, 0.29) is 23.3 Å². The van der Waals surface area contributed by atoms with Crippen molar-refractivity contribution < 1.29 is 9.90 Å². The van der Waals surface area contributed by atoms with Crippen molar-refractivity contribution in [1.82, 2.24) is 5.32 Å². The maximum absolute atomic E-state index is 12.2. The smallest absolute Gasteiger partial charge is 0.233 e. The summed E-state index contributed by atoms with van der Waals surface area (Å²) in [5.74, 6) is 0.0183. The van der Waals surface area contributed by atoms with Crippen molar-refractivity contribution in [1.29, 1.82) is 0 Å². The summed E-state index contributed by atoms with van der Waals surface area (Å²) in [6.45, 7) is 1.95. The highest BCUT2D eigenvalue weighted by atomic mass is 32.2. The zero-order chi connectivity index (χ0) is 13.7. The van der Waals surface area contributed by atoms with Crippen LogP contribution in [0.1, 0.15) is 32.6 Å². The van der Waals surface area contributed by atoms with Crippen LogP contribution >= 0.6 is 11.8 Å². The SMILES string of the molecule is CC(Sc1ccccc1)C(=O)NC1(CO)CCCC1. The first-order valence-electron chi connectivity index (χ1n) is 6.80. The lowest BCUT2D eigenvalue weighted by Crippen LogP contribution is -2.51. The summed E-state index contributed by atoms with van der Waals surface area (Å²) in [7, 11) is 0. The van der Waals surface area contributed by atoms with Crippen LogP contribution in [0.5, 0.6) is 0 Å². The fourth-order valence-electron chi connectivity index (χ4n) is 2.49. The lowest BCUT2D eigenvalue weighted by molar-refractivity contribution is -0.122. The van der Waals surface area contributed by atoms with Gasteiger partial charge in [0.25, 0.3) is 0 Å². The number of amides is 1. The van der Waals surface area contributed by atoms with Crippen molar-refractivity contribution in [2.45, 2.75) is 48.3 Å². The Morgan fingerprint density at radius 2 is 2.00 bits per heavy atom. The van der Waals surface area contributed by atoms with Crippen molar-refractivity contribution in [3.05, 3.63) is 30.3 Å². The normalized spacial score (nSPS) is 19.1. The maximum atomic E-state index is 12.2. The fourth-order valence-corrected chi connectivity index (χ4v) is 3.38. The molecule has 1 aromatic carbocycles. The van der Waals surface area contributed by atoms with E-state index in [1.165, 1.54) is 0 Å². The van der Waals surface area contributed by atoms with E-state index < -0.39 is 0 Å². The molecule has 1 aromatic rings. The zero-order valence-corrected chi connectivity index (χ0v) is 12.1. The van der Waals surface area contributed by atoms with Gasteiger partial charge in [0.05, 0.1) is 17.4 Å². The van der Waals surface area contributed by atoms with E-state index in [0.717, 1.165) is 30.6 Å². The highest BCUT2D eigenvalue weighted by Crippen LogP contribution is 2.30. The molecule has 0 radical (unpaired) electrons. The standard InChI is InChI=1S/C15H21NO2S/c1-12(19-13-7-3-2-4-8-13)14(18)16-15(11-17)9-5-6-10-15/h2-4,7-8,12,17H,5-6,9-11H2,1H3,(H,16,18). The van der Waals surface area contributed by atoms with Crippen LogP contribution in [0.2, 0.25) is 0 Å². The Bertz CT molecular complexity index is 415. The molecule has 104 valence electrons. The average Bonchev–Trinajstić information content (AvgIpc) is 2.89. The first-order chi connectivity index (χ1) is 9.15. The van der Waals surface area contributed by atoms with Crippen LogP contribution in [0.4, 0.5) is 0 Å². The second kappa shape index (κ2) is 6.44. The summed E-state index contributed by atoms with van der Waals surface area (Å²) in [5.41, 5.74) is -0.372. The predicted molar refractivity (Wildman–Crippen MR) is 78.2 cm³/mol. The number of aliphatic hydroxyl groups is 1. The molecule has 0 spiro atoms. The summed E-state index contributed by atoms with van der Waals surface area (Å²) < 4.78 is 0. The minimum absolute atomic E-state index is 0.0183. The Morgan fingerprint density at radius 1 is 1.37 bits per heavy atom. The van der Waals surface area contributed by atoms with Gasteiger partial charge in [-0.15, -0.1) is 11.8 Å². The number of benzene rings is 1. The highest BCUT2D eigenvalue weighted by molar-refractivity contribution is 8.00. The number of nitrogens with one attached hydrogen (secondary N) is 1. The van der Waals surface area contributed by atoms with Crippen molar-refractivity contribution in [2.24, 2.45) is 0 Å². The van der Waals surface area contributed by atoms with E-state index >= 15 is 0 Å². The molecule has 0 saturated heterocycles. The van der Waals surface area contributed by atoms with Gasteiger partial charge in [0.2, 0.25) is 5.91 Å². The molecule has 1 saturated carbocycles. The predicted octanol–water partition coefficient (Wildman–Crippen LogP) is 2.59. The molecule has 0 heterocycles. The van der Waals surface area contributed by atoms with Gasteiger partial charge in [0.1, 0.15) is 0 Å². The Hall–Kier alpha value is -1.00. The van der Waals surface area contributed by atoms with Crippen LogP contribution in [-0.4, -0.2) is 28.4 Å². The molecule has 1 aliphatic rings. The number of thioether (sulfide) groups is 1. The van der Waals surface area contributed by atoms with E-state index in [1.807, 2.05) is 37.3 Å². The summed E-state index contributed by atoms with van der Waals surface area (Å²) in [4.78, 5) is 13.3. The third-order valence-electron chi connectivity index (χ3n) is 3.68. The second-order valence-corrected chi connectivity index (χ2v) is 6.62. The number of hydrogen-bond acceptors (Lipinski definition) is 3. The lowest BCUT2D eigenvalue weighted by atomic mass is 9.99. The third-order valence-corrected chi connectivity index (χ3v) is 4.79. The summed E-state index contributed by atoms with van der Waals surface area (Å²) in [6.07, 6.45) is 3.94. The van der Waals surface area contributed by atoms with Crippen molar-refractivity contribution in [3.63, 3.8) is 0 Å². The third kappa shape index (κ3) is 3.74. The Labute approximate surface area is 118 Å². The Kier molecular flexibility index (Phi) is 4.88. The van der Waals surface area contributed by atoms with Crippen LogP contribution in [0, 0.1) is 0 Å². The van der Waals surface area contributed by atoms with E-state index in [4.69, 9.17) is 0 Å². The van der Waals surface area contributed by atoms with Crippen LogP contribution in [0.15, 0.2) is 35.2 Å². The monoisotopic (exact) mass is 279 g/mol. The highest BCUT2D eigenvalue weighted by Gasteiger charge is 2.35. The molecule has 0 bridgehead atoms. The van der Waals surface area contributed by atoms with Crippen LogP contribution < -0.4 is 5.32 Å². The summed E-state index contributed by atoms with van der Waals surface area (Å²) in [5, 5.41) is 12.4. The fraction of sp³-hybridized carbons (Fsp3) is 0.533. The molecule has 2 rings (SSSR count). The van der Waals surface area contributed by atoms with Gasteiger partial charge in [-0.25, -0.2) is 0 Å². The molecule has 1 amide bonds. The average molecular weight is 279 g/mol. The van der Waals surface area contributed by atoms with Gasteiger partial charge < -0.3 is 10.4 Å². The van der Waals surface area contributed by atoms with Crippen LogP contribution in [-0.2, 0) is 4.79 Å². The van der Waals surface area contributed by atoms with Gasteiger partial charge in [0.15, 0.2) is 0 Å². The Morgan fingerprint density at radius 3 is 2.58 bits per heavy atom. The van der Waals surface area contributed by atoms with Crippen LogP contribution in [0.25, 0.3) is 0 Å². The van der Waals surface area contributed by atoms with Gasteiger partial charge in [-0.1, -0.05) is 31.0 Å². The van der Waals surface area contributed by atoms with E-state index in [0.29, 0.717) is 0 Å². The first-order valence-corrected chi connectivity index (χ1v) is 7.68. The number of hydrogen-bond donors (Lipinski definition) is 2. The van der Waals surface area contributed by atoms with Gasteiger partial charge in [0, 0.05) is 4.90 Å². The summed E-state index contributed by atoms with van der Waals surface area (Å²) in [6, 6.07) is 9.92. The van der Waals surface area contributed by atoms with E-state index in [1.54, 1.807) is 11.8 Å². The zero-order valence-electron chi connectivity index (χ0n) is 11.3. The minimum atomic E-state index is -0.372. The molecule has 19 heavy (non-hydrogen) atoms. The second-order valence-electron chi connectivity index (χ2n) is 5.21. The molecular formula is C15H21NO2S. The number of carbonyl (C=O) groups is 1. The van der Waals surface area contributed by atoms with Crippen molar-refractivity contribution >= 4 is 17.7 Å². The van der Waals surface area contributed by atoms with Crippen molar-refractivity contribution in [2.75, 3.05) is 6.61 Å². The molecule has 1 unspecified atom stereocenters. The molecule has 1 atom stereocenters. The molecule has 1 aliphatic carbocycles. The molecule has 0 aliphatic heterocycles. The molecule has 0 aromatic heterocycles. The molecule has 3 nitrogen and oxygen atoms in total. The number of carbonyl (C=O) groups excluding carboxylic acids is 1. The van der Waals surface area contributed by atoms with E-state index in [9.17, 15) is 9.90 Å². The van der Waals surface area contributed by atoms with Crippen molar-refractivity contribution in [3.8, 4) is 0 Å². The Balaban J connectivity index is 1.92. The first kappa shape index (κ1) is 14.4. The van der Waals surface area contributed by atoms with Gasteiger partial charge in [-0.3, -0.25) is 4.79 Å². The molecular weight excluding hydrogens is 258 g/mol. The molecule has 1 fully saturated rings. The number of rotatable bonds is 5. The number of aliphatic hydroxyl groups excluding tert-OH is 1. The van der Waals surface area contributed by atoms with Gasteiger partial charge >= 0.3 is 0 Å².